The van der Waals surface area contributed by atoms with Gasteiger partial charge in [0.15, 0.2) is 0 Å². The van der Waals surface area contributed by atoms with Gasteiger partial charge in [-0.1, -0.05) is 18.2 Å². The number of nitrogens with zero attached hydrogens (tertiary/aromatic N) is 3. The average Bonchev–Trinajstić information content (AvgIpc) is 2.56. The van der Waals surface area contributed by atoms with E-state index >= 15 is 0 Å². The molecule has 7 nitrogen and oxygen atoms in total. The van der Waals surface area contributed by atoms with Gasteiger partial charge in [-0.3, -0.25) is 0 Å². The first-order valence-electron chi connectivity index (χ1n) is 6.36. The van der Waals surface area contributed by atoms with Gasteiger partial charge in [-0.25, -0.2) is 10.2 Å². The number of nitrogens with one attached hydrogen (secondary N) is 1. The van der Waals surface area contributed by atoms with Crippen molar-refractivity contribution in [2.24, 2.45) is 15.3 Å². The molecule has 0 unspecified atom stereocenters. The molecule has 0 radical (unpaired) electrons. The van der Waals surface area contributed by atoms with Crippen LogP contribution >= 0.6 is 0 Å². The molecule has 0 heterocycles. The molecule has 0 bridgehead atoms. The van der Waals surface area contributed by atoms with E-state index in [0.29, 0.717) is 11.3 Å². The maximum Gasteiger partial charge on any atom is 0.427 e. The van der Waals surface area contributed by atoms with Gasteiger partial charge in [-0.2, -0.15) is 15.3 Å². The number of hydrazone groups is 1. The van der Waals surface area contributed by atoms with Crippen LogP contribution < -0.4 is 5.43 Å². The van der Waals surface area contributed by atoms with Crippen molar-refractivity contribution in [3.05, 3.63) is 54.1 Å². The molecule has 1 amide bonds. The number of carbonyl (C=O) groups excluding carboxylic acids is 1. The molecule has 2 rings (SSSR count). The fourth-order valence-electron chi connectivity index (χ4n) is 1.52. The van der Waals surface area contributed by atoms with Crippen molar-refractivity contribution in [3.63, 3.8) is 0 Å². The molecule has 7 heteroatoms. The lowest BCUT2D eigenvalue weighted by Crippen LogP contribution is -2.16. The number of rotatable bonds is 4. The van der Waals surface area contributed by atoms with Crippen molar-refractivity contribution < 1.29 is 14.6 Å². The predicted octanol–water partition coefficient (Wildman–Crippen LogP) is 3.50. The molecule has 2 aromatic rings. The highest BCUT2D eigenvalue weighted by Gasteiger charge is 2.01. The molecule has 0 spiro atoms. The van der Waals surface area contributed by atoms with Crippen LogP contribution in [0.4, 0.5) is 16.2 Å². The van der Waals surface area contributed by atoms with Crippen LogP contribution in [0.15, 0.2) is 63.9 Å². The van der Waals surface area contributed by atoms with Crippen LogP contribution in [0.2, 0.25) is 0 Å². The minimum absolute atomic E-state index is 0.00840. The second-order valence-corrected chi connectivity index (χ2v) is 4.14. The van der Waals surface area contributed by atoms with Crippen LogP contribution in [-0.2, 0) is 4.74 Å². The lowest BCUT2D eigenvalue weighted by molar-refractivity contribution is 0.171. The van der Waals surface area contributed by atoms with Crippen molar-refractivity contribution in [1.29, 1.82) is 0 Å². The molecule has 0 saturated carbocycles. The van der Waals surface area contributed by atoms with Gasteiger partial charge in [0.25, 0.3) is 0 Å². The van der Waals surface area contributed by atoms with Crippen molar-refractivity contribution in [1.82, 2.24) is 5.43 Å². The van der Waals surface area contributed by atoms with Crippen LogP contribution in [0.3, 0.4) is 0 Å². The van der Waals surface area contributed by atoms with Crippen molar-refractivity contribution in [2.75, 3.05) is 7.11 Å². The number of carbonyl (C=O) groups is 1. The molecular formula is C15H14N4O3. The van der Waals surface area contributed by atoms with Crippen LogP contribution in [-0.4, -0.2) is 24.5 Å². The SMILES string of the molecule is COC(=O)NN=Cc1cc(N=Nc2ccccc2)ccc1O. The van der Waals surface area contributed by atoms with Gasteiger partial charge in [-0.05, 0) is 30.3 Å². The standard InChI is InChI=1S/C15H14N4O3/c1-22-15(21)19-16-10-11-9-13(7-8-14(11)20)18-17-12-5-3-2-4-6-12/h2-10,20H,1H3,(H,19,21). The van der Waals surface area contributed by atoms with Gasteiger partial charge < -0.3 is 9.84 Å². The number of azo groups is 1. The number of hydrogen-bond donors (Lipinski definition) is 2. The van der Waals surface area contributed by atoms with E-state index in [2.05, 4.69) is 25.5 Å². The summed E-state index contributed by atoms with van der Waals surface area (Å²) in [4.78, 5) is 10.9. The highest BCUT2D eigenvalue weighted by molar-refractivity contribution is 5.85. The molecule has 22 heavy (non-hydrogen) atoms. The van der Waals surface area contributed by atoms with E-state index in [1.165, 1.54) is 19.4 Å². The summed E-state index contributed by atoms with van der Waals surface area (Å²) >= 11 is 0. The molecular weight excluding hydrogens is 284 g/mol. The van der Waals surface area contributed by atoms with Crippen LogP contribution in [0.1, 0.15) is 5.56 Å². The third-order valence-corrected chi connectivity index (χ3v) is 2.59. The number of methoxy groups -OCH3 is 1. The monoisotopic (exact) mass is 298 g/mol. The zero-order valence-electron chi connectivity index (χ0n) is 11.8. The van der Waals surface area contributed by atoms with E-state index in [0.717, 1.165) is 5.69 Å². The van der Waals surface area contributed by atoms with Gasteiger partial charge in [-0.15, -0.1) is 0 Å². The van der Waals surface area contributed by atoms with E-state index in [4.69, 9.17) is 0 Å². The number of amides is 1. The smallest absolute Gasteiger partial charge is 0.427 e. The molecule has 112 valence electrons. The number of aromatic hydroxyl groups is 1. The minimum atomic E-state index is -0.698. The molecule has 0 saturated heterocycles. The van der Waals surface area contributed by atoms with Crippen LogP contribution in [0.5, 0.6) is 5.75 Å². The first-order chi connectivity index (χ1) is 10.7. The Hall–Kier alpha value is -3.22. The van der Waals surface area contributed by atoms with Gasteiger partial charge in [0.05, 0.1) is 24.7 Å². The number of benzene rings is 2. The fourth-order valence-corrected chi connectivity index (χ4v) is 1.52. The molecule has 0 aromatic heterocycles. The third kappa shape index (κ3) is 4.41. The number of hydrogen-bond acceptors (Lipinski definition) is 6. The highest BCUT2D eigenvalue weighted by atomic mass is 16.5. The Balaban J connectivity index is 2.13. The Labute approximate surface area is 127 Å². The van der Waals surface area contributed by atoms with Crippen molar-refractivity contribution in [2.45, 2.75) is 0 Å². The Morgan fingerprint density at radius 1 is 1.14 bits per heavy atom. The molecule has 0 aliphatic heterocycles. The maximum atomic E-state index is 10.9. The lowest BCUT2D eigenvalue weighted by atomic mass is 10.2. The minimum Gasteiger partial charge on any atom is -0.507 e. The van der Waals surface area contributed by atoms with Crippen molar-refractivity contribution in [3.8, 4) is 5.75 Å². The zero-order valence-corrected chi connectivity index (χ0v) is 11.8. The number of phenols is 1. The summed E-state index contributed by atoms with van der Waals surface area (Å²) in [6.45, 7) is 0. The van der Waals surface area contributed by atoms with E-state index in [1.54, 1.807) is 12.1 Å². The Bertz CT molecular complexity index is 699. The molecule has 2 aromatic carbocycles. The fraction of sp³-hybridized carbons (Fsp3) is 0.0667. The maximum absolute atomic E-state index is 10.9. The van der Waals surface area contributed by atoms with E-state index in [9.17, 15) is 9.90 Å². The number of phenolic OH excluding ortho intramolecular Hbond substituents is 1. The Kier molecular flexibility index (Phi) is 5.20. The Morgan fingerprint density at radius 2 is 1.86 bits per heavy atom. The third-order valence-electron chi connectivity index (χ3n) is 2.59. The van der Waals surface area contributed by atoms with Crippen LogP contribution in [0, 0.1) is 0 Å². The quantitative estimate of drug-likeness (QED) is 0.513. The second-order valence-electron chi connectivity index (χ2n) is 4.14. The first kappa shape index (κ1) is 15.2. The van der Waals surface area contributed by atoms with Crippen molar-refractivity contribution >= 4 is 23.7 Å². The highest BCUT2D eigenvalue weighted by Crippen LogP contribution is 2.23. The molecule has 0 aliphatic carbocycles. The number of ether oxygens (including phenoxy) is 1. The van der Waals surface area contributed by atoms with Crippen LogP contribution in [0.25, 0.3) is 0 Å². The summed E-state index contributed by atoms with van der Waals surface area (Å²) in [5.41, 5.74) is 3.78. The van der Waals surface area contributed by atoms with Gasteiger partial charge in [0, 0.05) is 5.56 Å². The largest absolute Gasteiger partial charge is 0.507 e. The van der Waals surface area contributed by atoms with Gasteiger partial charge >= 0.3 is 6.09 Å². The second kappa shape index (κ2) is 7.53. The van der Waals surface area contributed by atoms with E-state index in [1.807, 2.05) is 30.3 Å². The summed E-state index contributed by atoms with van der Waals surface area (Å²) in [5, 5.41) is 21.5. The molecule has 0 fully saturated rings. The molecule has 0 aliphatic rings. The Morgan fingerprint density at radius 3 is 2.59 bits per heavy atom. The van der Waals surface area contributed by atoms with Gasteiger partial charge in [0.1, 0.15) is 5.75 Å². The summed E-state index contributed by atoms with van der Waals surface area (Å²) in [7, 11) is 1.23. The van der Waals surface area contributed by atoms with E-state index < -0.39 is 6.09 Å². The summed E-state index contributed by atoms with van der Waals surface area (Å²) in [5.74, 6) is 0.00840. The normalized spacial score (nSPS) is 11.0. The topological polar surface area (TPSA) is 95.6 Å². The summed E-state index contributed by atoms with van der Waals surface area (Å²) in [6.07, 6.45) is 0.587. The van der Waals surface area contributed by atoms with E-state index in [-0.39, 0.29) is 5.75 Å². The summed E-state index contributed by atoms with van der Waals surface area (Å²) in [6, 6.07) is 13.9. The predicted molar refractivity (Wildman–Crippen MR) is 81.9 cm³/mol. The van der Waals surface area contributed by atoms with Gasteiger partial charge in [0.2, 0.25) is 0 Å². The molecule has 2 N–H and O–H groups in total. The lowest BCUT2D eigenvalue weighted by Gasteiger charge is -2.00. The first-order valence-corrected chi connectivity index (χ1v) is 6.36. The molecule has 0 atom stereocenters. The summed E-state index contributed by atoms with van der Waals surface area (Å²) < 4.78 is 4.37. The zero-order chi connectivity index (χ0) is 15.8. The average molecular weight is 298 g/mol.